The van der Waals surface area contributed by atoms with Crippen molar-refractivity contribution < 1.29 is 9.53 Å². The van der Waals surface area contributed by atoms with Crippen LogP contribution in [0.4, 0.5) is 4.79 Å². The predicted octanol–water partition coefficient (Wildman–Crippen LogP) is 2.60. The van der Waals surface area contributed by atoms with Crippen molar-refractivity contribution in [1.82, 2.24) is 15.6 Å². The first-order valence-corrected chi connectivity index (χ1v) is 8.02. The van der Waals surface area contributed by atoms with Crippen molar-refractivity contribution in [3.8, 4) is 0 Å². The van der Waals surface area contributed by atoms with Crippen LogP contribution in [0.5, 0.6) is 0 Å². The smallest absolute Gasteiger partial charge is 0.315 e. The summed E-state index contributed by atoms with van der Waals surface area (Å²) >= 11 is 1.61. The number of urea groups is 1. The number of hydrogen-bond donors (Lipinski definition) is 2. The normalized spacial score (nSPS) is 19.8. The van der Waals surface area contributed by atoms with E-state index in [4.69, 9.17) is 4.74 Å². The molecule has 1 aromatic rings. The van der Waals surface area contributed by atoms with E-state index in [9.17, 15) is 4.79 Å². The van der Waals surface area contributed by atoms with Gasteiger partial charge in [-0.05, 0) is 39.5 Å². The van der Waals surface area contributed by atoms with E-state index in [0.717, 1.165) is 35.8 Å². The number of carbonyl (C=O) groups is 1. The van der Waals surface area contributed by atoms with Crippen LogP contribution in [0, 0.1) is 6.92 Å². The van der Waals surface area contributed by atoms with Gasteiger partial charge in [0.2, 0.25) is 0 Å². The third kappa shape index (κ3) is 5.09. The Labute approximate surface area is 124 Å². The molecule has 0 saturated carbocycles. The summed E-state index contributed by atoms with van der Waals surface area (Å²) in [5.74, 6) is 0. The second kappa shape index (κ2) is 7.59. The summed E-state index contributed by atoms with van der Waals surface area (Å²) in [6.45, 7) is 5.42. The van der Waals surface area contributed by atoms with Gasteiger partial charge in [-0.2, -0.15) is 0 Å². The second-order valence-electron chi connectivity index (χ2n) is 5.31. The third-order valence-corrected chi connectivity index (χ3v) is 4.31. The van der Waals surface area contributed by atoms with Gasteiger partial charge in [-0.25, -0.2) is 9.78 Å². The van der Waals surface area contributed by atoms with E-state index in [1.807, 2.05) is 20.0 Å². The van der Waals surface area contributed by atoms with E-state index in [0.29, 0.717) is 12.6 Å². The maximum Gasteiger partial charge on any atom is 0.315 e. The lowest BCUT2D eigenvalue weighted by molar-refractivity contribution is 0.100. The molecule has 0 spiro atoms. The lowest BCUT2D eigenvalue weighted by Gasteiger charge is -2.16. The molecule has 0 aromatic carbocycles. The highest BCUT2D eigenvalue weighted by Gasteiger charge is 2.17. The first-order chi connectivity index (χ1) is 9.63. The summed E-state index contributed by atoms with van der Waals surface area (Å²) in [6, 6.07) is 0.0370. The molecule has 1 aliphatic rings. The van der Waals surface area contributed by atoms with Crippen LogP contribution in [-0.2, 0) is 11.3 Å². The molecule has 0 radical (unpaired) electrons. The standard InChI is InChI=1S/C14H23N3O2S/c1-10(5-6-12-4-3-7-19-12)17-14(18)16-9-13-15-8-11(2)20-13/h8,10,12H,3-7,9H2,1-2H3,(H2,16,17,18). The Morgan fingerprint density at radius 2 is 2.50 bits per heavy atom. The summed E-state index contributed by atoms with van der Waals surface area (Å²) in [5.41, 5.74) is 0. The van der Waals surface area contributed by atoms with E-state index >= 15 is 0 Å². The van der Waals surface area contributed by atoms with Gasteiger partial charge in [0.1, 0.15) is 5.01 Å². The maximum absolute atomic E-state index is 11.8. The van der Waals surface area contributed by atoms with E-state index in [1.54, 1.807) is 11.3 Å². The fraction of sp³-hybridized carbons (Fsp3) is 0.714. The molecule has 1 fully saturated rings. The highest BCUT2D eigenvalue weighted by Crippen LogP contribution is 2.17. The fourth-order valence-corrected chi connectivity index (χ4v) is 3.02. The molecule has 2 amide bonds. The SMILES string of the molecule is Cc1cnc(CNC(=O)NC(C)CCC2CCCO2)s1. The highest BCUT2D eigenvalue weighted by molar-refractivity contribution is 7.11. The molecule has 2 rings (SSSR count). The van der Waals surface area contributed by atoms with Crippen molar-refractivity contribution in [2.24, 2.45) is 0 Å². The molecule has 5 nitrogen and oxygen atoms in total. The molecular formula is C14H23N3O2S. The average molecular weight is 297 g/mol. The number of rotatable bonds is 6. The molecular weight excluding hydrogens is 274 g/mol. The van der Waals surface area contributed by atoms with Crippen LogP contribution >= 0.6 is 11.3 Å². The van der Waals surface area contributed by atoms with Crippen molar-refractivity contribution in [2.45, 2.75) is 58.2 Å². The van der Waals surface area contributed by atoms with Crippen molar-refractivity contribution >= 4 is 17.4 Å². The van der Waals surface area contributed by atoms with E-state index < -0.39 is 0 Å². The number of amides is 2. The van der Waals surface area contributed by atoms with Crippen molar-refractivity contribution in [3.05, 3.63) is 16.1 Å². The zero-order valence-corrected chi connectivity index (χ0v) is 13.0. The third-order valence-electron chi connectivity index (χ3n) is 3.39. The van der Waals surface area contributed by atoms with Gasteiger partial charge in [0.05, 0.1) is 12.6 Å². The van der Waals surface area contributed by atoms with Crippen LogP contribution in [0.3, 0.4) is 0 Å². The maximum atomic E-state index is 11.8. The minimum atomic E-state index is -0.127. The molecule has 0 aliphatic carbocycles. The minimum absolute atomic E-state index is 0.127. The van der Waals surface area contributed by atoms with Crippen LogP contribution in [-0.4, -0.2) is 29.8 Å². The van der Waals surface area contributed by atoms with Gasteiger partial charge in [0, 0.05) is 23.7 Å². The molecule has 2 heterocycles. The number of carbonyl (C=O) groups excluding carboxylic acids is 1. The Balaban J connectivity index is 1.60. The molecule has 112 valence electrons. The predicted molar refractivity (Wildman–Crippen MR) is 79.9 cm³/mol. The monoisotopic (exact) mass is 297 g/mol. The lowest BCUT2D eigenvalue weighted by atomic mass is 10.1. The van der Waals surface area contributed by atoms with E-state index in [1.165, 1.54) is 6.42 Å². The zero-order chi connectivity index (χ0) is 14.4. The number of thiazole rings is 1. The molecule has 1 saturated heterocycles. The Morgan fingerprint density at radius 1 is 1.65 bits per heavy atom. The van der Waals surface area contributed by atoms with Crippen LogP contribution in [0.2, 0.25) is 0 Å². The van der Waals surface area contributed by atoms with Crippen molar-refractivity contribution in [1.29, 1.82) is 0 Å². The summed E-state index contributed by atoms with van der Waals surface area (Å²) in [5, 5.41) is 6.72. The van der Waals surface area contributed by atoms with Gasteiger partial charge in [-0.3, -0.25) is 0 Å². The Kier molecular flexibility index (Phi) is 5.79. The van der Waals surface area contributed by atoms with Crippen LogP contribution in [0.25, 0.3) is 0 Å². The minimum Gasteiger partial charge on any atom is -0.378 e. The second-order valence-corrected chi connectivity index (χ2v) is 6.62. The van der Waals surface area contributed by atoms with Crippen molar-refractivity contribution in [3.63, 3.8) is 0 Å². The van der Waals surface area contributed by atoms with Crippen molar-refractivity contribution in [2.75, 3.05) is 6.61 Å². The number of aryl methyl sites for hydroxylation is 1. The number of nitrogens with one attached hydrogen (secondary N) is 2. The number of hydrogen-bond acceptors (Lipinski definition) is 4. The molecule has 2 atom stereocenters. The molecule has 6 heteroatoms. The first kappa shape index (κ1) is 15.3. The number of ether oxygens (including phenoxy) is 1. The van der Waals surface area contributed by atoms with Gasteiger partial charge in [-0.1, -0.05) is 0 Å². The summed E-state index contributed by atoms with van der Waals surface area (Å²) in [7, 11) is 0. The topological polar surface area (TPSA) is 63.2 Å². The van der Waals surface area contributed by atoms with Crippen LogP contribution in [0.15, 0.2) is 6.20 Å². The fourth-order valence-electron chi connectivity index (χ4n) is 2.29. The lowest BCUT2D eigenvalue weighted by Crippen LogP contribution is -2.40. The summed E-state index contributed by atoms with van der Waals surface area (Å²) in [6.07, 6.45) is 6.51. The Morgan fingerprint density at radius 3 is 3.15 bits per heavy atom. The number of aromatic nitrogens is 1. The first-order valence-electron chi connectivity index (χ1n) is 7.21. The van der Waals surface area contributed by atoms with Gasteiger partial charge in [-0.15, -0.1) is 11.3 Å². The van der Waals surface area contributed by atoms with Gasteiger partial charge < -0.3 is 15.4 Å². The van der Waals surface area contributed by atoms with Gasteiger partial charge >= 0.3 is 6.03 Å². The van der Waals surface area contributed by atoms with Gasteiger partial charge in [0.25, 0.3) is 0 Å². The molecule has 0 bridgehead atoms. The summed E-state index contributed by atoms with van der Waals surface area (Å²) < 4.78 is 5.58. The van der Waals surface area contributed by atoms with E-state index in [2.05, 4.69) is 15.6 Å². The molecule has 1 aromatic heterocycles. The van der Waals surface area contributed by atoms with Gasteiger partial charge in [0.15, 0.2) is 0 Å². The molecule has 1 aliphatic heterocycles. The Hall–Kier alpha value is -1.14. The summed E-state index contributed by atoms with van der Waals surface area (Å²) in [4.78, 5) is 17.1. The van der Waals surface area contributed by atoms with Crippen LogP contribution in [0.1, 0.15) is 42.5 Å². The zero-order valence-electron chi connectivity index (χ0n) is 12.1. The largest absolute Gasteiger partial charge is 0.378 e. The van der Waals surface area contributed by atoms with E-state index in [-0.39, 0.29) is 12.1 Å². The number of nitrogens with zero attached hydrogens (tertiary/aromatic N) is 1. The Bertz CT molecular complexity index is 430. The quantitative estimate of drug-likeness (QED) is 0.848. The van der Waals surface area contributed by atoms with Crippen LogP contribution < -0.4 is 10.6 Å². The molecule has 2 unspecified atom stereocenters. The molecule has 20 heavy (non-hydrogen) atoms. The average Bonchev–Trinajstić information content (AvgIpc) is 3.05. The highest BCUT2D eigenvalue weighted by atomic mass is 32.1. The molecule has 2 N–H and O–H groups in total.